The number of fused-ring (bicyclic) bond motifs is 1. The molecule has 1 aliphatic heterocycles. The fourth-order valence-corrected chi connectivity index (χ4v) is 5.58. The number of carboxylic acids is 1. The molecule has 0 atom stereocenters. The van der Waals surface area contributed by atoms with Crippen LogP contribution < -0.4 is 0 Å². The molecule has 1 aliphatic carbocycles. The number of alkyl halides is 4. The molecular weight excluding hydrogens is 525 g/mol. The second-order valence-corrected chi connectivity index (χ2v) is 10.2. The second-order valence-electron chi connectivity index (χ2n) is 10.2. The molecule has 3 aromatic rings. The summed E-state index contributed by atoms with van der Waals surface area (Å²) in [6.45, 7) is 1.93. The molecule has 0 aromatic heterocycles. The molecule has 2 aliphatic rings. The molecular formula is C32H28F5NO2. The van der Waals surface area contributed by atoms with Gasteiger partial charge >= 0.3 is 12.1 Å². The Bertz CT molecular complexity index is 1480. The molecule has 1 saturated heterocycles. The van der Waals surface area contributed by atoms with Gasteiger partial charge in [0.05, 0.1) is 17.8 Å². The number of rotatable bonds is 7. The van der Waals surface area contributed by atoms with Gasteiger partial charge in [-0.1, -0.05) is 36.4 Å². The smallest absolute Gasteiger partial charge is 0.416 e. The molecule has 1 N–H and O–H groups in total. The third kappa shape index (κ3) is 5.87. The van der Waals surface area contributed by atoms with E-state index in [0.29, 0.717) is 48.1 Å². The lowest BCUT2D eigenvalue weighted by Crippen LogP contribution is -2.40. The van der Waals surface area contributed by atoms with Gasteiger partial charge in [0, 0.05) is 19.6 Å². The van der Waals surface area contributed by atoms with Crippen LogP contribution in [0.3, 0.4) is 0 Å². The minimum Gasteiger partial charge on any atom is -0.478 e. The van der Waals surface area contributed by atoms with Crippen LogP contribution in [-0.4, -0.2) is 42.3 Å². The molecule has 208 valence electrons. The van der Waals surface area contributed by atoms with Gasteiger partial charge in [0.15, 0.2) is 0 Å². The summed E-state index contributed by atoms with van der Waals surface area (Å²) in [7, 11) is 0. The molecule has 0 spiro atoms. The minimum atomic E-state index is -4.68. The van der Waals surface area contributed by atoms with Crippen LogP contribution in [0.4, 0.5) is 22.0 Å². The van der Waals surface area contributed by atoms with Crippen molar-refractivity contribution in [2.24, 2.45) is 0 Å². The number of aromatic carboxylic acids is 1. The van der Waals surface area contributed by atoms with Crippen LogP contribution in [0.25, 0.3) is 17.2 Å². The zero-order valence-electron chi connectivity index (χ0n) is 21.7. The van der Waals surface area contributed by atoms with E-state index in [4.69, 9.17) is 0 Å². The highest BCUT2D eigenvalue weighted by Crippen LogP contribution is 2.44. The summed E-state index contributed by atoms with van der Waals surface area (Å²) in [5, 5.41) is 9.51. The summed E-state index contributed by atoms with van der Waals surface area (Å²) in [6, 6.07) is 14.7. The molecule has 1 fully saturated rings. The average Bonchev–Trinajstić information content (AvgIpc) is 3.08. The van der Waals surface area contributed by atoms with Gasteiger partial charge in [0.25, 0.3) is 0 Å². The van der Waals surface area contributed by atoms with Gasteiger partial charge in [-0.3, -0.25) is 9.29 Å². The molecule has 0 unspecified atom stereocenters. The van der Waals surface area contributed by atoms with Crippen LogP contribution in [0.2, 0.25) is 0 Å². The Hall–Kier alpha value is -3.78. The van der Waals surface area contributed by atoms with Crippen molar-refractivity contribution in [3.8, 4) is 0 Å². The fourth-order valence-electron chi connectivity index (χ4n) is 5.58. The predicted molar refractivity (Wildman–Crippen MR) is 145 cm³/mol. The van der Waals surface area contributed by atoms with Crippen molar-refractivity contribution >= 4 is 23.2 Å². The zero-order valence-corrected chi connectivity index (χ0v) is 21.7. The maximum Gasteiger partial charge on any atom is 0.416 e. The quantitative estimate of drug-likeness (QED) is 0.303. The molecule has 5 rings (SSSR count). The summed E-state index contributed by atoms with van der Waals surface area (Å²) < 4.78 is 69.0. The van der Waals surface area contributed by atoms with E-state index in [1.807, 2.05) is 24.3 Å². The summed E-state index contributed by atoms with van der Waals surface area (Å²) in [5.41, 5.74) is 4.09. The van der Waals surface area contributed by atoms with Crippen molar-refractivity contribution in [1.29, 1.82) is 0 Å². The Balaban J connectivity index is 1.62. The van der Waals surface area contributed by atoms with Crippen molar-refractivity contribution in [1.82, 2.24) is 4.90 Å². The van der Waals surface area contributed by atoms with E-state index in [9.17, 15) is 31.9 Å². The molecule has 8 heteroatoms. The van der Waals surface area contributed by atoms with Gasteiger partial charge in [-0.2, -0.15) is 13.2 Å². The molecule has 3 aromatic carbocycles. The predicted octanol–water partition coefficient (Wildman–Crippen LogP) is 7.90. The van der Waals surface area contributed by atoms with Gasteiger partial charge in [0.1, 0.15) is 5.82 Å². The highest BCUT2D eigenvalue weighted by atomic mass is 19.4. The van der Waals surface area contributed by atoms with Crippen molar-refractivity contribution in [2.45, 2.75) is 31.9 Å². The van der Waals surface area contributed by atoms with Crippen LogP contribution in [-0.2, 0) is 12.6 Å². The van der Waals surface area contributed by atoms with Crippen LogP contribution in [0.5, 0.6) is 0 Å². The average molecular weight is 554 g/mol. The monoisotopic (exact) mass is 553 g/mol. The highest BCUT2D eigenvalue weighted by molar-refractivity contribution is 6.01. The standard InChI is InChI=1S/C32H28F5NO2/c33-13-2-14-38-18-21(19-38)15-20-5-7-22(8-6-20)30-26-11-9-24(31(39)40)16-23(26)3-1-4-27(30)28-17-25(34)10-12-29(28)32(35,36)37/h5-12,15-17H,1-4,13-14,18-19H2,(H,39,40). The van der Waals surface area contributed by atoms with Crippen LogP contribution >= 0.6 is 0 Å². The normalized spacial score (nSPS) is 15.9. The van der Waals surface area contributed by atoms with Crippen molar-refractivity contribution in [2.75, 3.05) is 26.3 Å². The van der Waals surface area contributed by atoms with E-state index < -0.39 is 23.5 Å². The van der Waals surface area contributed by atoms with Gasteiger partial charge in [-0.05, 0) is 101 Å². The summed E-state index contributed by atoms with van der Waals surface area (Å²) in [6.07, 6.45) is -0.898. The van der Waals surface area contributed by atoms with Crippen LogP contribution in [0, 0.1) is 5.82 Å². The number of nitrogens with zero attached hydrogens (tertiary/aromatic N) is 1. The van der Waals surface area contributed by atoms with E-state index in [0.717, 1.165) is 42.4 Å². The number of aryl methyl sites for hydroxylation is 1. The fraction of sp³-hybridized carbons (Fsp3) is 0.281. The van der Waals surface area contributed by atoms with Gasteiger partial charge in [-0.25, -0.2) is 9.18 Å². The van der Waals surface area contributed by atoms with Gasteiger partial charge in [-0.15, -0.1) is 0 Å². The summed E-state index contributed by atoms with van der Waals surface area (Å²) in [5.74, 6) is -1.84. The first-order valence-corrected chi connectivity index (χ1v) is 13.2. The first-order valence-electron chi connectivity index (χ1n) is 13.2. The Morgan fingerprint density at radius 1 is 0.950 bits per heavy atom. The van der Waals surface area contributed by atoms with Crippen molar-refractivity contribution in [3.05, 3.63) is 111 Å². The topological polar surface area (TPSA) is 40.5 Å². The lowest BCUT2D eigenvalue weighted by Gasteiger charge is -2.33. The minimum absolute atomic E-state index is 0.103. The number of hydrogen-bond acceptors (Lipinski definition) is 2. The molecule has 40 heavy (non-hydrogen) atoms. The zero-order chi connectivity index (χ0) is 28.4. The third-order valence-corrected chi connectivity index (χ3v) is 7.44. The number of allylic oxidation sites excluding steroid dienone is 1. The Morgan fingerprint density at radius 2 is 1.70 bits per heavy atom. The largest absolute Gasteiger partial charge is 0.478 e. The number of hydrogen-bond donors (Lipinski definition) is 1. The Morgan fingerprint density at radius 3 is 2.38 bits per heavy atom. The maximum atomic E-state index is 14.4. The highest BCUT2D eigenvalue weighted by Gasteiger charge is 2.35. The van der Waals surface area contributed by atoms with Crippen molar-refractivity contribution in [3.63, 3.8) is 0 Å². The van der Waals surface area contributed by atoms with Crippen molar-refractivity contribution < 1.29 is 31.9 Å². The molecule has 1 heterocycles. The number of carboxylic acid groups (broad SMARTS) is 1. The van der Waals surface area contributed by atoms with E-state index in [1.54, 1.807) is 12.1 Å². The van der Waals surface area contributed by atoms with Gasteiger partial charge < -0.3 is 5.11 Å². The number of benzene rings is 3. The lowest BCUT2D eigenvalue weighted by atomic mass is 9.85. The molecule has 0 saturated carbocycles. The number of likely N-dealkylation sites (tertiary alicyclic amines) is 1. The first-order chi connectivity index (χ1) is 19.1. The third-order valence-electron chi connectivity index (χ3n) is 7.44. The molecule has 0 amide bonds. The van der Waals surface area contributed by atoms with Crippen LogP contribution in [0.15, 0.2) is 66.2 Å². The summed E-state index contributed by atoms with van der Waals surface area (Å²) in [4.78, 5) is 13.8. The lowest BCUT2D eigenvalue weighted by molar-refractivity contribution is -0.137. The Kier molecular flexibility index (Phi) is 7.90. The first kappa shape index (κ1) is 27.8. The number of halogens is 5. The Labute approximate surface area is 229 Å². The molecule has 3 nitrogen and oxygen atoms in total. The van der Waals surface area contributed by atoms with E-state index in [1.165, 1.54) is 11.6 Å². The molecule has 0 radical (unpaired) electrons. The van der Waals surface area contributed by atoms with E-state index in [-0.39, 0.29) is 24.2 Å². The number of carbonyl (C=O) groups is 1. The van der Waals surface area contributed by atoms with E-state index >= 15 is 0 Å². The SMILES string of the molecule is O=C(O)c1ccc2c(c1)CCCC(c1cc(F)ccc1C(F)(F)F)=C2c1ccc(C=C2CN(CCCF)C2)cc1. The second kappa shape index (κ2) is 11.4. The van der Waals surface area contributed by atoms with Gasteiger partial charge in [0.2, 0.25) is 0 Å². The van der Waals surface area contributed by atoms with Crippen LogP contribution in [0.1, 0.15) is 63.0 Å². The maximum absolute atomic E-state index is 14.4. The molecule has 0 bridgehead atoms. The summed E-state index contributed by atoms with van der Waals surface area (Å²) >= 11 is 0. The van der Waals surface area contributed by atoms with E-state index in [2.05, 4.69) is 11.0 Å².